The molecule has 126 valence electrons. The highest BCUT2D eigenvalue weighted by Gasteiger charge is 2.36. The molecule has 0 fully saturated rings. The third-order valence-electron chi connectivity index (χ3n) is 4.31. The van der Waals surface area contributed by atoms with Crippen molar-refractivity contribution in [3.05, 3.63) is 18.2 Å². The maximum Gasteiger partial charge on any atom is 0.191 e. The summed E-state index contributed by atoms with van der Waals surface area (Å²) in [7, 11) is 1.70. The van der Waals surface area contributed by atoms with Gasteiger partial charge in [0, 0.05) is 19.2 Å². The van der Waals surface area contributed by atoms with E-state index < -0.39 is 8.32 Å². The zero-order valence-electron chi connectivity index (χ0n) is 15.1. The molecule has 0 aliphatic carbocycles. The van der Waals surface area contributed by atoms with Gasteiger partial charge in [0.15, 0.2) is 8.32 Å². The number of ether oxygens (including phenoxy) is 2. The summed E-state index contributed by atoms with van der Waals surface area (Å²) in [5.41, 5.74) is 0.953. The quantitative estimate of drug-likeness (QED) is 0.563. The van der Waals surface area contributed by atoms with E-state index in [1.807, 2.05) is 18.2 Å². The molecule has 1 rings (SSSR count). The van der Waals surface area contributed by atoms with E-state index in [0.717, 1.165) is 36.8 Å². The van der Waals surface area contributed by atoms with Crippen molar-refractivity contribution in [3.63, 3.8) is 0 Å². The summed E-state index contributed by atoms with van der Waals surface area (Å²) >= 11 is 0. The number of anilines is 1. The standard InChI is InChI=1S/C17H31NO3Si/c1-17(2,3)22(6,7)21-12-8-11-18-15-13-14(19-4)9-10-16(15)20-5/h9-10,13,18H,8,11-12H2,1-7H3. The van der Waals surface area contributed by atoms with Crippen LogP contribution in [0.2, 0.25) is 18.1 Å². The molecule has 1 aromatic carbocycles. The Morgan fingerprint density at radius 3 is 2.32 bits per heavy atom. The van der Waals surface area contributed by atoms with Gasteiger partial charge in [0.2, 0.25) is 0 Å². The molecule has 1 aromatic rings. The summed E-state index contributed by atoms with van der Waals surface area (Å²) in [6.07, 6.45) is 0.965. The molecular formula is C17H31NO3Si. The minimum atomic E-state index is -1.64. The number of rotatable bonds is 8. The smallest absolute Gasteiger partial charge is 0.191 e. The van der Waals surface area contributed by atoms with Crippen molar-refractivity contribution in [3.8, 4) is 11.5 Å². The Bertz CT molecular complexity index is 469. The molecular weight excluding hydrogens is 294 g/mol. The van der Waals surface area contributed by atoms with E-state index in [1.54, 1.807) is 14.2 Å². The first-order valence-corrected chi connectivity index (χ1v) is 10.7. The van der Waals surface area contributed by atoms with Crippen LogP contribution in [0.15, 0.2) is 18.2 Å². The van der Waals surface area contributed by atoms with Crippen LogP contribution in [0.1, 0.15) is 27.2 Å². The Morgan fingerprint density at radius 1 is 1.09 bits per heavy atom. The average Bonchev–Trinajstić information content (AvgIpc) is 2.45. The lowest BCUT2D eigenvalue weighted by molar-refractivity contribution is 0.286. The highest BCUT2D eigenvalue weighted by atomic mass is 28.4. The topological polar surface area (TPSA) is 39.7 Å². The molecule has 0 heterocycles. The fraction of sp³-hybridized carbons (Fsp3) is 0.647. The molecule has 1 N–H and O–H groups in total. The normalized spacial score (nSPS) is 12.1. The fourth-order valence-corrected chi connectivity index (χ4v) is 2.88. The van der Waals surface area contributed by atoms with E-state index in [9.17, 15) is 0 Å². The second kappa shape index (κ2) is 7.88. The molecule has 0 saturated carbocycles. The van der Waals surface area contributed by atoms with Crippen molar-refractivity contribution in [2.24, 2.45) is 0 Å². The number of hydrogen-bond donors (Lipinski definition) is 1. The molecule has 0 aromatic heterocycles. The van der Waals surface area contributed by atoms with Gasteiger partial charge in [-0.2, -0.15) is 0 Å². The van der Waals surface area contributed by atoms with Gasteiger partial charge >= 0.3 is 0 Å². The predicted octanol–water partition coefficient (Wildman–Crippen LogP) is 4.53. The molecule has 22 heavy (non-hydrogen) atoms. The third kappa shape index (κ3) is 5.21. The van der Waals surface area contributed by atoms with E-state index in [4.69, 9.17) is 13.9 Å². The Morgan fingerprint density at radius 2 is 1.77 bits per heavy atom. The van der Waals surface area contributed by atoms with Crippen LogP contribution in [-0.4, -0.2) is 35.7 Å². The number of benzene rings is 1. The zero-order valence-corrected chi connectivity index (χ0v) is 16.1. The van der Waals surface area contributed by atoms with Crippen molar-refractivity contribution < 1.29 is 13.9 Å². The molecule has 0 aliphatic heterocycles. The van der Waals surface area contributed by atoms with E-state index >= 15 is 0 Å². The number of nitrogens with one attached hydrogen (secondary N) is 1. The maximum atomic E-state index is 6.18. The highest BCUT2D eigenvalue weighted by molar-refractivity contribution is 6.74. The molecule has 0 amide bonds. The summed E-state index contributed by atoms with van der Waals surface area (Å²) in [6.45, 7) is 13.0. The molecule has 0 bridgehead atoms. The van der Waals surface area contributed by atoms with Gasteiger partial charge in [-0.25, -0.2) is 0 Å². The van der Waals surface area contributed by atoms with E-state index in [0.29, 0.717) is 0 Å². The van der Waals surface area contributed by atoms with Gasteiger partial charge in [0.1, 0.15) is 11.5 Å². The van der Waals surface area contributed by atoms with Gasteiger partial charge in [0.05, 0.1) is 19.9 Å². The highest BCUT2D eigenvalue weighted by Crippen LogP contribution is 2.36. The van der Waals surface area contributed by atoms with Crippen LogP contribution in [0.5, 0.6) is 11.5 Å². The summed E-state index contributed by atoms with van der Waals surface area (Å²) in [6, 6.07) is 5.76. The molecule has 0 unspecified atom stereocenters. The van der Waals surface area contributed by atoms with Crippen LogP contribution >= 0.6 is 0 Å². The van der Waals surface area contributed by atoms with Gasteiger partial charge in [0.25, 0.3) is 0 Å². The average molecular weight is 326 g/mol. The fourth-order valence-electron chi connectivity index (χ4n) is 1.79. The van der Waals surface area contributed by atoms with Crippen LogP contribution in [-0.2, 0) is 4.43 Å². The Hall–Kier alpha value is -1.20. The van der Waals surface area contributed by atoms with Crippen molar-refractivity contribution >= 4 is 14.0 Å². The van der Waals surface area contributed by atoms with Crippen molar-refractivity contribution in [1.29, 1.82) is 0 Å². The molecule has 0 saturated heterocycles. The van der Waals surface area contributed by atoms with Gasteiger partial charge in [-0.3, -0.25) is 0 Å². The minimum Gasteiger partial charge on any atom is -0.497 e. The minimum absolute atomic E-state index is 0.260. The first kappa shape index (κ1) is 18.8. The Labute approximate surface area is 136 Å². The first-order valence-electron chi connectivity index (χ1n) is 7.81. The summed E-state index contributed by atoms with van der Waals surface area (Å²) in [5, 5.41) is 3.65. The van der Waals surface area contributed by atoms with Gasteiger partial charge in [-0.15, -0.1) is 0 Å². The summed E-state index contributed by atoms with van der Waals surface area (Å²) in [5.74, 6) is 1.65. The van der Waals surface area contributed by atoms with Crippen LogP contribution in [0, 0.1) is 0 Å². The molecule has 0 atom stereocenters. The van der Waals surface area contributed by atoms with E-state index in [-0.39, 0.29) is 5.04 Å². The monoisotopic (exact) mass is 325 g/mol. The second-order valence-corrected chi connectivity index (χ2v) is 11.8. The van der Waals surface area contributed by atoms with E-state index in [1.165, 1.54) is 0 Å². The molecule has 0 radical (unpaired) electrons. The number of methoxy groups -OCH3 is 2. The van der Waals surface area contributed by atoms with Crippen molar-refractivity contribution in [2.45, 2.75) is 45.3 Å². The largest absolute Gasteiger partial charge is 0.497 e. The lowest BCUT2D eigenvalue weighted by Gasteiger charge is -2.36. The molecule has 5 heteroatoms. The van der Waals surface area contributed by atoms with Crippen LogP contribution in [0.3, 0.4) is 0 Å². The van der Waals surface area contributed by atoms with Gasteiger partial charge in [-0.05, 0) is 36.7 Å². The zero-order chi connectivity index (χ0) is 16.8. The number of hydrogen-bond acceptors (Lipinski definition) is 4. The summed E-state index contributed by atoms with van der Waals surface area (Å²) < 4.78 is 16.8. The third-order valence-corrected chi connectivity index (χ3v) is 8.85. The Balaban J connectivity index is 2.45. The van der Waals surface area contributed by atoms with Crippen LogP contribution in [0.25, 0.3) is 0 Å². The predicted molar refractivity (Wildman–Crippen MR) is 95.8 cm³/mol. The lowest BCUT2D eigenvalue weighted by atomic mass is 10.2. The van der Waals surface area contributed by atoms with Gasteiger partial charge < -0.3 is 19.2 Å². The van der Waals surface area contributed by atoms with Crippen molar-refractivity contribution in [1.82, 2.24) is 0 Å². The maximum absolute atomic E-state index is 6.18. The first-order chi connectivity index (χ1) is 10.2. The summed E-state index contributed by atoms with van der Waals surface area (Å²) in [4.78, 5) is 0. The lowest BCUT2D eigenvalue weighted by Crippen LogP contribution is -2.41. The van der Waals surface area contributed by atoms with Gasteiger partial charge in [-0.1, -0.05) is 20.8 Å². The van der Waals surface area contributed by atoms with Crippen molar-refractivity contribution in [2.75, 3.05) is 32.7 Å². The Kier molecular flexibility index (Phi) is 6.75. The molecule has 4 nitrogen and oxygen atoms in total. The van der Waals surface area contributed by atoms with E-state index in [2.05, 4.69) is 39.2 Å². The molecule has 0 spiro atoms. The molecule has 0 aliphatic rings. The van der Waals surface area contributed by atoms with Crippen LogP contribution < -0.4 is 14.8 Å². The van der Waals surface area contributed by atoms with Crippen LogP contribution in [0.4, 0.5) is 5.69 Å². The SMILES string of the molecule is COc1ccc(OC)c(NCCCO[Si](C)(C)C(C)(C)C)c1. The second-order valence-electron chi connectivity index (χ2n) is 6.96.